The van der Waals surface area contributed by atoms with Crippen molar-refractivity contribution in [2.24, 2.45) is 0 Å². The number of hydrogen-bond donors (Lipinski definition) is 2. The van der Waals surface area contributed by atoms with Crippen molar-refractivity contribution < 1.29 is 18.7 Å². The van der Waals surface area contributed by atoms with Crippen LogP contribution in [0.25, 0.3) is 10.9 Å². The zero-order valence-corrected chi connectivity index (χ0v) is 21.6. The SMILES string of the molecule is COc1cccc(NC(=O)Cn2c(=O)n(Cc3ccc(C(=O)NCc4ccco4)cc3)c(=O)c3ccccc32)c1. The van der Waals surface area contributed by atoms with Crippen molar-refractivity contribution in [2.45, 2.75) is 19.6 Å². The number of anilines is 1. The molecule has 10 heteroatoms. The van der Waals surface area contributed by atoms with E-state index in [1.165, 1.54) is 17.9 Å². The zero-order valence-electron chi connectivity index (χ0n) is 21.6. The Hall–Kier alpha value is -5.38. The van der Waals surface area contributed by atoms with E-state index in [2.05, 4.69) is 10.6 Å². The molecule has 0 aliphatic carbocycles. The Morgan fingerprint density at radius 3 is 2.45 bits per heavy atom. The van der Waals surface area contributed by atoms with Crippen LogP contribution in [-0.4, -0.2) is 28.1 Å². The molecule has 0 saturated carbocycles. The van der Waals surface area contributed by atoms with Gasteiger partial charge in [0.2, 0.25) is 5.91 Å². The number of methoxy groups -OCH3 is 1. The van der Waals surface area contributed by atoms with Crippen molar-refractivity contribution in [2.75, 3.05) is 12.4 Å². The van der Waals surface area contributed by atoms with Crippen LogP contribution in [0.1, 0.15) is 21.7 Å². The molecule has 2 heterocycles. The van der Waals surface area contributed by atoms with E-state index in [9.17, 15) is 19.2 Å². The fourth-order valence-corrected chi connectivity index (χ4v) is 4.33. The van der Waals surface area contributed by atoms with Gasteiger partial charge in [-0.25, -0.2) is 4.79 Å². The summed E-state index contributed by atoms with van der Waals surface area (Å²) in [6.45, 7) is -0.0785. The molecule has 5 rings (SSSR count). The van der Waals surface area contributed by atoms with E-state index in [1.54, 1.807) is 84.9 Å². The van der Waals surface area contributed by atoms with Gasteiger partial charge in [0.15, 0.2) is 0 Å². The first-order valence-electron chi connectivity index (χ1n) is 12.5. The molecule has 0 spiro atoms. The fourth-order valence-electron chi connectivity index (χ4n) is 4.33. The summed E-state index contributed by atoms with van der Waals surface area (Å²) < 4.78 is 12.8. The molecule has 0 unspecified atom stereocenters. The quantitative estimate of drug-likeness (QED) is 0.297. The Kier molecular flexibility index (Phi) is 7.58. The molecule has 0 fully saturated rings. The number of para-hydroxylation sites is 1. The largest absolute Gasteiger partial charge is 0.497 e. The van der Waals surface area contributed by atoms with Crippen molar-refractivity contribution in [3.8, 4) is 5.75 Å². The Balaban J connectivity index is 1.39. The summed E-state index contributed by atoms with van der Waals surface area (Å²) in [5, 5.41) is 5.85. The molecule has 0 radical (unpaired) electrons. The van der Waals surface area contributed by atoms with E-state index >= 15 is 0 Å². The van der Waals surface area contributed by atoms with Gasteiger partial charge in [-0.05, 0) is 54.1 Å². The van der Waals surface area contributed by atoms with Gasteiger partial charge < -0.3 is 19.8 Å². The molecule has 40 heavy (non-hydrogen) atoms. The Morgan fingerprint density at radius 1 is 0.900 bits per heavy atom. The van der Waals surface area contributed by atoms with Crippen LogP contribution in [0.2, 0.25) is 0 Å². The highest BCUT2D eigenvalue weighted by Crippen LogP contribution is 2.17. The third-order valence-corrected chi connectivity index (χ3v) is 6.35. The molecule has 0 saturated heterocycles. The first-order valence-corrected chi connectivity index (χ1v) is 12.5. The standard InChI is InChI=1S/C30H26N4O6/c1-39-23-7-4-6-22(16-23)32-27(35)19-33-26-10-3-2-9-25(26)29(37)34(30(33)38)18-20-11-13-21(14-12-20)28(36)31-17-24-8-5-15-40-24/h2-16H,17-19H2,1H3,(H,31,36)(H,32,35). The van der Waals surface area contributed by atoms with Crippen molar-refractivity contribution in [1.82, 2.24) is 14.5 Å². The maximum Gasteiger partial charge on any atom is 0.332 e. The Bertz CT molecular complexity index is 1790. The lowest BCUT2D eigenvalue weighted by molar-refractivity contribution is -0.116. The lowest BCUT2D eigenvalue weighted by Crippen LogP contribution is -2.42. The maximum absolute atomic E-state index is 13.5. The number of aromatic nitrogens is 2. The minimum atomic E-state index is -0.621. The number of nitrogens with zero attached hydrogens (tertiary/aromatic N) is 2. The molecule has 202 valence electrons. The van der Waals surface area contributed by atoms with E-state index in [4.69, 9.17) is 9.15 Å². The first kappa shape index (κ1) is 26.2. The van der Waals surface area contributed by atoms with Gasteiger partial charge in [-0.1, -0.05) is 30.3 Å². The van der Waals surface area contributed by atoms with Crippen LogP contribution in [0.5, 0.6) is 5.75 Å². The van der Waals surface area contributed by atoms with Crippen molar-refractivity contribution in [3.05, 3.63) is 129 Å². The van der Waals surface area contributed by atoms with Gasteiger partial charge in [-0.2, -0.15) is 0 Å². The summed E-state index contributed by atoms with van der Waals surface area (Å²) in [5.41, 5.74) is 0.855. The Labute approximate surface area is 228 Å². The minimum absolute atomic E-state index is 0.0334. The van der Waals surface area contributed by atoms with Crippen LogP contribution in [0.3, 0.4) is 0 Å². The summed E-state index contributed by atoms with van der Waals surface area (Å²) >= 11 is 0. The van der Waals surface area contributed by atoms with E-state index in [-0.39, 0.29) is 25.5 Å². The molecule has 0 aliphatic heterocycles. The van der Waals surface area contributed by atoms with Crippen molar-refractivity contribution in [1.29, 1.82) is 0 Å². The normalized spacial score (nSPS) is 10.8. The number of amides is 2. The van der Waals surface area contributed by atoms with Gasteiger partial charge in [0.05, 0.1) is 37.4 Å². The van der Waals surface area contributed by atoms with Crippen LogP contribution >= 0.6 is 0 Å². The lowest BCUT2D eigenvalue weighted by atomic mass is 10.1. The van der Waals surface area contributed by atoms with Gasteiger partial charge in [-0.3, -0.25) is 23.5 Å². The highest BCUT2D eigenvalue weighted by molar-refractivity contribution is 5.94. The molecule has 2 aromatic heterocycles. The van der Waals surface area contributed by atoms with E-state index in [1.807, 2.05) is 0 Å². The number of carbonyl (C=O) groups excluding carboxylic acids is 2. The number of nitrogens with one attached hydrogen (secondary N) is 2. The molecule has 3 aromatic carbocycles. The van der Waals surface area contributed by atoms with Crippen molar-refractivity contribution in [3.63, 3.8) is 0 Å². The predicted octanol–water partition coefficient (Wildman–Crippen LogP) is 3.38. The highest BCUT2D eigenvalue weighted by atomic mass is 16.5. The van der Waals surface area contributed by atoms with E-state index in [0.717, 1.165) is 4.57 Å². The van der Waals surface area contributed by atoms with Crippen LogP contribution in [0.4, 0.5) is 5.69 Å². The lowest BCUT2D eigenvalue weighted by Gasteiger charge is -2.15. The van der Waals surface area contributed by atoms with Crippen LogP contribution in [0, 0.1) is 0 Å². The molecule has 10 nitrogen and oxygen atoms in total. The average molecular weight is 539 g/mol. The van der Waals surface area contributed by atoms with Gasteiger partial charge in [0, 0.05) is 17.3 Å². The molecule has 5 aromatic rings. The molecular formula is C30H26N4O6. The summed E-state index contributed by atoms with van der Waals surface area (Å²) in [6.07, 6.45) is 1.53. The van der Waals surface area contributed by atoms with Gasteiger partial charge in [0.1, 0.15) is 18.1 Å². The molecule has 0 aliphatic rings. The second kappa shape index (κ2) is 11.6. The predicted molar refractivity (Wildman–Crippen MR) is 150 cm³/mol. The van der Waals surface area contributed by atoms with Gasteiger partial charge in [-0.15, -0.1) is 0 Å². The molecule has 2 amide bonds. The number of furan rings is 1. The summed E-state index contributed by atoms with van der Waals surface area (Å²) in [4.78, 5) is 52.2. The van der Waals surface area contributed by atoms with Gasteiger partial charge in [0.25, 0.3) is 11.5 Å². The third kappa shape index (κ3) is 5.70. The molecule has 2 N–H and O–H groups in total. The average Bonchev–Trinajstić information content (AvgIpc) is 3.50. The molecular weight excluding hydrogens is 512 g/mol. The number of fused-ring (bicyclic) bond motifs is 1. The summed E-state index contributed by atoms with van der Waals surface area (Å²) in [5.74, 6) is 0.495. The van der Waals surface area contributed by atoms with Crippen LogP contribution in [-0.2, 0) is 24.4 Å². The minimum Gasteiger partial charge on any atom is -0.497 e. The van der Waals surface area contributed by atoms with Crippen molar-refractivity contribution >= 4 is 28.4 Å². The molecule has 0 bridgehead atoms. The first-order chi connectivity index (χ1) is 19.4. The second-order valence-electron chi connectivity index (χ2n) is 9.02. The summed E-state index contributed by atoms with van der Waals surface area (Å²) in [7, 11) is 1.53. The third-order valence-electron chi connectivity index (χ3n) is 6.35. The monoisotopic (exact) mass is 538 g/mol. The van der Waals surface area contributed by atoms with E-state index < -0.39 is 17.2 Å². The van der Waals surface area contributed by atoms with Crippen LogP contribution in [0.15, 0.2) is 105 Å². The Morgan fingerprint density at radius 2 is 1.70 bits per heavy atom. The number of benzene rings is 3. The number of hydrogen-bond acceptors (Lipinski definition) is 6. The van der Waals surface area contributed by atoms with E-state index in [0.29, 0.717) is 39.2 Å². The number of carbonyl (C=O) groups is 2. The van der Waals surface area contributed by atoms with Crippen LogP contribution < -0.4 is 26.6 Å². The summed E-state index contributed by atoms with van der Waals surface area (Å²) in [6, 6.07) is 23.7. The zero-order chi connectivity index (χ0) is 28.1. The second-order valence-corrected chi connectivity index (χ2v) is 9.02. The number of rotatable bonds is 9. The maximum atomic E-state index is 13.5. The molecule has 0 atom stereocenters. The fraction of sp³-hybridized carbons (Fsp3) is 0.133. The smallest absolute Gasteiger partial charge is 0.332 e. The van der Waals surface area contributed by atoms with Gasteiger partial charge >= 0.3 is 5.69 Å². The highest BCUT2D eigenvalue weighted by Gasteiger charge is 2.16. The number of ether oxygens (including phenoxy) is 1. The topological polar surface area (TPSA) is 125 Å².